The molecule has 3 aromatic rings. The summed E-state index contributed by atoms with van der Waals surface area (Å²) in [6.07, 6.45) is 1.05. The molecule has 1 saturated heterocycles. The lowest BCUT2D eigenvalue weighted by Crippen LogP contribution is -2.33. The normalized spacial score (nSPS) is 17.2. The molecule has 2 N–H and O–H groups in total. The van der Waals surface area contributed by atoms with Crippen LogP contribution in [-0.4, -0.2) is 65.2 Å². The first-order valence-corrected chi connectivity index (χ1v) is 10.9. The van der Waals surface area contributed by atoms with Crippen LogP contribution in [-0.2, 0) is 17.8 Å². The molecule has 0 spiro atoms. The van der Waals surface area contributed by atoms with Crippen LogP contribution in [0.25, 0.3) is 11.0 Å². The molecule has 1 aliphatic rings. The molecule has 3 heterocycles. The van der Waals surface area contributed by atoms with Gasteiger partial charge in [0.25, 0.3) is 0 Å². The van der Waals surface area contributed by atoms with Gasteiger partial charge in [0, 0.05) is 43.7 Å². The highest BCUT2D eigenvalue weighted by molar-refractivity contribution is 5.90. The number of pyridine rings is 2. The number of carbonyl (C=O) groups excluding carboxylic acids is 1. The number of fused-ring (bicyclic) bond motifs is 1. The minimum Gasteiger partial charge on any atom is -0.481 e. The lowest BCUT2D eigenvalue weighted by molar-refractivity contribution is 0.138. The number of oxime groups is 1. The maximum absolute atomic E-state index is 14.6. The van der Waals surface area contributed by atoms with Crippen molar-refractivity contribution >= 4 is 22.8 Å². The number of rotatable bonds is 8. The van der Waals surface area contributed by atoms with Crippen LogP contribution >= 0.6 is 0 Å². The molecule has 4 rings (SSSR count). The van der Waals surface area contributed by atoms with Gasteiger partial charge in [0.05, 0.1) is 30.1 Å². The summed E-state index contributed by atoms with van der Waals surface area (Å²) in [6.45, 7) is 1.94. The predicted molar refractivity (Wildman–Crippen MR) is 124 cm³/mol. The van der Waals surface area contributed by atoms with E-state index in [0.29, 0.717) is 54.2 Å². The summed E-state index contributed by atoms with van der Waals surface area (Å²) in [5.41, 5.74) is 2.97. The molecule has 1 aromatic carbocycles. The summed E-state index contributed by atoms with van der Waals surface area (Å²) in [5.74, 6) is -0.211. The van der Waals surface area contributed by atoms with Crippen LogP contribution in [0.4, 0.5) is 9.18 Å². The van der Waals surface area contributed by atoms with Gasteiger partial charge >= 0.3 is 6.09 Å². The number of methoxy groups -OCH3 is 1. The third-order valence-corrected chi connectivity index (χ3v) is 5.80. The number of ether oxygens (including phenoxy) is 2. The van der Waals surface area contributed by atoms with Crippen LogP contribution in [0.3, 0.4) is 0 Å². The fraction of sp³-hybridized carbons (Fsp3) is 0.333. The number of amides is 1. The van der Waals surface area contributed by atoms with Crippen molar-refractivity contribution in [2.75, 3.05) is 33.3 Å². The molecule has 178 valence electrons. The highest BCUT2D eigenvalue weighted by Crippen LogP contribution is 2.22. The summed E-state index contributed by atoms with van der Waals surface area (Å²) in [4.78, 5) is 22.6. The van der Waals surface area contributed by atoms with E-state index in [0.717, 1.165) is 5.56 Å². The van der Waals surface area contributed by atoms with Gasteiger partial charge in [0.15, 0.2) is 0 Å². The van der Waals surface area contributed by atoms with Crippen molar-refractivity contribution in [2.24, 2.45) is 11.1 Å². The van der Waals surface area contributed by atoms with Crippen molar-refractivity contribution in [1.82, 2.24) is 20.2 Å². The third-order valence-electron chi connectivity index (χ3n) is 5.80. The van der Waals surface area contributed by atoms with Gasteiger partial charge in [0.1, 0.15) is 12.4 Å². The Balaban J connectivity index is 1.32. The molecule has 1 fully saturated rings. The number of alkyl carbamates (subject to hydrolysis) is 1. The average molecular weight is 468 g/mol. The minimum absolute atomic E-state index is 0.175. The maximum Gasteiger partial charge on any atom is 0.407 e. The molecular formula is C24H26FN5O4. The molecule has 1 aliphatic heterocycles. The van der Waals surface area contributed by atoms with Gasteiger partial charge in [-0.15, -0.1) is 0 Å². The number of likely N-dealkylation sites (tertiary alicyclic amines) is 1. The zero-order valence-corrected chi connectivity index (χ0v) is 18.8. The topological polar surface area (TPSA) is 109 Å². The van der Waals surface area contributed by atoms with E-state index in [1.165, 1.54) is 13.3 Å². The van der Waals surface area contributed by atoms with Gasteiger partial charge in [0.2, 0.25) is 5.88 Å². The zero-order valence-electron chi connectivity index (χ0n) is 18.8. The van der Waals surface area contributed by atoms with Crippen molar-refractivity contribution in [3.05, 3.63) is 65.6 Å². The molecule has 10 heteroatoms. The van der Waals surface area contributed by atoms with Crippen LogP contribution in [0.1, 0.15) is 11.1 Å². The molecule has 1 atom stereocenters. The fourth-order valence-corrected chi connectivity index (χ4v) is 3.99. The second-order valence-electron chi connectivity index (χ2n) is 8.02. The van der Waals surface area contributed by atoms with E-state index in [4.69, 9.17) is 9.47 Å². The number of carbonyl (C=O) groups is 1. The Hall–Kier alpha value is -3.79. The fourth-order valence-electron chi connectivity index (χ4n) is 3.99. The van der Waals surface area contributed by atoms with E-state index in [9.17, 15) is 14.4 Å². The van der Waals surface area contributed by atoms with Gasteiger partial charge < -0.3 is 20.0 Å². The lowest BCUT2D eigenvalue weighted by Gasteiger charge is -2.16. The molecular weight excluding hydrogens is 441 g/mol. The molecule has 0 aliphatic carbocycles. The van der Waals surface area contributed by atoms with E-state index in [-0.39, 0.29) is 19.1 Å². The Morgan fingerprint density at radius 1 is 1.29 bits per heavy atom. The highest BCUT2D eigenvalue weighted by Gasteiger charge is 2.30. The maximum atomic E-state index is 14.6. The van der Waals surface area contributed by atoms with Crippen LogP contribution in [0.5, 0.6) is 5.88 Å². The van der Waals surface area contributed by atoms with Crippen LogP contribution in [0.15, 0.2) is 53.8 Å². The Bertz CT molecular complexity index is 1170. The van der Waals surface area contributed by atoms with Gasteiger partial charge in [-0.1, -0.05) is 35.5 Å². The molecule has 1 amide bonds. The van der Waals surface area contributed by atoms with Crippen molar-refractivity contribution in [3.8, 4) is 5.88 Å². The number of hydrogen-bond acceptors (Lipinski definition) is 8. The lowest BCUT2D eigenvalue weighted by atomic mass is 10.1. The second kappa shape index (κ2) is 10.9. The Morgan fingerprint density at radius 3 is 2.88 bits per heavy atom. The predicted octanol–water partition coefficient (Wildman–Crippen LogP) is 3.01. The number of halogens is 1. The minimum atomic E-state index is -0.537. The zero-order chi connectivity index (χ0) is 23.9. The first kappa shape index (κ1) is 23.4. The van der Waals surface area contributed by atoms with E-state index >= 15 is 0 Å². The molecule has 9 nitrogen and oxygen atoms in total. The van der Waals surface area contributed by atoms with E-state index < -0.39 is 11.9 Å². The summed E-state index contributed by atoms with van der Waals surface area (Å²) in [5, 5.41) is 15.6. The van der Waals surface area contributed by atoms with Crippen molar-refractivity contribution < 1.29 is 23.9 Å². The number of benzene rings is 1. The quantitative estimate of drug-likeness (QED) is 0.387. The molecule has 2 aromatic heterocycles. The van der Waals surface area contributed by atoms with Gasteiger partial charge in [-0.3, -0.25) is 9.88 Å². The highest BCUT2D eigenvalue weighted by atomic mass is 19.1. The monoisotopic (exact) mass is 467 g/mol. The van der Waals surface area contributed by atoms with Gasteiger partial charge in [-0.2, -0.15) is 0 Å². The van der Waals surface area contributed by atoms with Crippen molar-refractivity contribution in [1.29, 1.82) is 0 Å². The van der Waals surface area contributed by atoms with Gasteiger partial charge in [-0.05, 0) is 18.1 Å². The Kier molecular flexibility index (Phi) is 7.48. The van der Waals surface area contributed by atoms with Gasteiger partial charge in [-0.25, -0.2) is 14.2 Å². The smallest absolute Gasteiger partial charge is 0.407 e. The van der Waals surface area contributed by atoms with Crippen LogP contribution in [0.2, 0.25) is 0 Å². The first-order chi connectivity index (χ1) is 16.6. The number of nitrogens with one attached hydrogen (secondary N) is 1. The summed E-state index contributed by atoms with van der Waals surface area (Å²) in [6, 6.07) is 12.8. The molecule has 0 radical (unpaired) electrons. The van der Waals surface area contributed by atoms with Crippen LogP contribution < -0.4 is 10.1 Å². The summed E-state index contributed by atoms with van der Waals surface area (Å²) in [7, 11) is 1.51. The van der Waals surface area contributed by atoms with E-state index in [1.54, 1.807) is 12.1 Å². The molecule has 0 unspecified atom stereocenters. The summed E-state index contributed by atoms with van der Waals surface area (Å²) < 4.78 is 25.0. The molecule has 0 saturated carbocycles. The Morgan fingerprint density at radius 2 is 2.12 bits per heavy atom. The molecule has 34 heavy (non-hydrogen) atoms. The van der Waals surface area contributed by atoms with E-state index in [1.807, 2.05) is 35.2 Å². The third kappa shape index (κ3) is 5.57. The van der Waals surface area contributed by atoms with Crippen molar-refractivity contribution in [3.63, 3.8) is 0 Å². The number of hydrogen-bond donors (Lipinski definition) is 2. The number of aromatic nitrogens is 2. The SMILES string of the molecule is COc1ccc2ncc(F)c(CCN3CC(=NO)[C@@H](CNC(=O)OCc4ccccc4)C3)c2n1. The Labute approximate surface area is 196 Å². The van der Waals surface area contributed by atoms with E-state index in [2.05, 4.69) is 20.4 Å². The average Bonchev–Trinajstić information content (AvgIpc) is 3.28. The standard InChI is InChI=1S/C24H26FN5O4/c1-33-22-8-7-20-23(28-22)18(19(25)12-26-20)9-10-30-13-17(21(14-30)29-32)11-27-24(31)34-15-16-5-3-2-4-6-16/h2-8,12,17,32H,9-11,13-15H2,1H3,(H,27,31)/t17-/m0/s1. The van der Waals surface area contributed by atoms with Crippen LogP contribution in [0, 0.1) is 11.7 Å². The largest absolute Gasteiger partial charge is 0.481 e. The van der Waals surface area contributed by atoms with Crippen molar-refractivity contribution in [2.45, 2.75) is 13.0 Å². The summed E-state index contributed by atoms with van der Waals surface area (Å²) >= 11 is 0. The molecule has 0 bridgehead atoms. The second-order valence-corrected chi connectivity index (χ2v) is 8.02. The number of nitrogens with zero attached hydrogens (tertiary/aromatic N) is 4. The first-order valence-electron chi connectivity index (χ1n) is 10.9.